The van der Waals surface area contributed by atoms with E-state index >= 15 is 0 Å². The summed E-state index contributed by atoms with van der Waals surface area (Å²) in [5, 5.41) is 16.9. The van der Waals surface area contributed by atoms with Crippen molar-refractivity contribution in [3.63, 3.8) is 0 Å². The summed E-state index contributed by atoms with van der Waals surface area (Å²) < 4.78 is 74.8. The third-order valence-corrected chi connectivity index (χ3v) is 13.5. The van der Waals surface area contributed by atoms with Crippen molar-refractivity contribution >= 4 is 55.1 Å². The quantitative estimate of drug-likeness (QED) is 0.151. The molecule has 0 radical (unpaired) electrons. The molecule has 6 heterocycles. The molecule has 63 heavy (non-hydrogen) atoms. The van der Waals surface area contributed by atoms with Crippen LogP contribution in [0.4, 0.5) is 11.4 Å². The van der Waals surface area contributed by atoms with Gasteiger partial charge in [-0.3, -0.25) is 14.4 Å². The Morgan fingerprint density at radius 1 is 0.746 bits per heavy atom. The number of aryl methyl sites for hydroxylation is 2. The maximum atomic E-state index is 13.1. The van der Waals surface area contributed by atoms with E-state index in [-0.39, 0.29) is 90.3 Å². The van der Waals surface area contributed by atoms with Gasteiger partial charge in [-0.1, -0.05) is 13.8 Å². The molecule has 2 aromatic carbocycles. The second-order valence-corrected chi connectivity index (χ2v) is 17.7. The molecular weight excluding hydrogens is 1030 g/mol. The predicted molar refractivity (Wildman–Crippen MR) is 227 cm³/mol. The van der Waals surface area contributed by atoms with Crippen molar-refractivity contribution in [1.82, 2.24) is 13.3 Å². The molecule has 4 aliphatic heterocycles. The van der Waals surface area contributed by atoms with Crippen LogP contribution in [-0.4, -0.2) is 119 Å². The van der Waals surface area contributed by atoms with Crippen LogP contribution in [0.15, 0.2) is 70.7 Å². The molecule has 0 aliphatic carbocycles. The number of hydrogen-bond donors (Lipinski definition) is 5. The summed E-state index contributed by atoms with van der Waals surface area (Å²) in [5.41, 5.74) is 7.04. The Kier molecular flexibility index (Phi) is 18.0. The van der Waals surface area contributed by atoms with Gasteiger partial charge in [-0.15, -0.1) is 0 Å². The van der Waals surface area contributed by atoms with Crippen molar-refractivity contribution in [3.05, 3.63) is 102 Å². The van der Waals surface area contributed by atoms with Crippen molar-refractivity contribution < 1.29 is 81.1 Å². The zero-order valence-corrected chi connectivity index (χ0v) is 39.5. The molecular formula is C41H51N6O13S2W-. The Balaban J connectivity index is 0.000000231. The SMILES string of the molecule is CCc1cc2n(c1)S(=O)(=O)c1ccc(C(=O)NCCC3COCCO3)cc1NC2=O.CCc1cc2n(c1)S(=O)(=O)c1ccc(C(=O)O)cc1NC2=O.NCCC1COCCO1.[CH3-].[W]. The maximum Gasteiger partial charge on any atom is 0.335 e. The van der Waals surface area contributed by atoms with Crippen molar-refractivity contribution in [1.29, 1.82) is 0 Å². The smallest absolute Gasteiger partial charge is 0.335 e. The number of benzene rings is 2. The second kappa shape index (κ2) is 22.3. The molecule has 0 bridgehead atoms. The molecule has 2 saturated heterocycles. The van der Waals surface area contributed by atoms with E-state index < -0.39 is 37.8 Å². The minimum Gasteiger partial charge on any atom is -0.478 e. The fourth-order valence-corrected chi connectivity index (χ4v) is 9.73. The molecule has 2 unspecified atom stereocenters. The minimum absolute atomic E-state index is 0. The van der Waals surface area contributed by atoms with E-state index in [4.69, 9.17) is 29.8 Å². The number of carboxylic acid groups (broad SMARTS) is 1. The van der Waals surface area contributed by atoms with Gasteiger partial charge in [-0.25, -0.2) is 29.6 Å². The number of fused-ring (bicyclic) bond motifs is 4. The molecule has 19 nitrogen and oxygen atoms in total. The molecule has 2 fully saturated rings. The molecule has 3 amide bonds. The molecule has 0 spiro atoms. The normalized spacial score (nSPS) is 18.9. The van der Waals surface area contributed by atoms with Crippen LogP contribution in [0, 0.1) is 7.43 Å². The third-order valence-electron chi connectivity index (χ3n) is 10.0. The van der Waals surface area contributed by atoms with Crippen LogP contribution in [-0.2, 0) is 72.9 Å². The number of aromatic nitrogens is 2. The van der Waals surface area contributed by atoms with E-state index in [0.29, 0.717) is 52.2 Å². The Labute approximate surface area is 380 Å². The number of anilines is 2. The number of nitrogens with two attached hydrogens (primary N) is 1. The van der Waals surface area contributed by atoms with E-state index in [9.17, 15) is 36.0 Å². The number of ether oxygens (including phenoxy) is 4. The van der Waals surface area contributed by atoms with Crippen LogP contribution in [0.3, 0.4) is 0 Å². The van der Waals surface area contributed by atoms with Crippen LogP contribution in [0.2, 0.25) is 0 Å². The van der Waals surface area contributed by atoms with Gasteiger partial charge in [0.05, 0.1) is 68.8 Å². The summed E-state index contributed by atoms with van der Waals surface area (Å²) in [4.78, 5) is 48.1. The molecule has 0 saturated carbocycles. The van der Waals surface area contributed by atoms with Gasteiger partial charge in [0, 0.05) is 45.6 Å². The van der Waals surface area contributed by atoms with Crippen LogP contribution < -0.4 is 21.7 Å². The summed E-state index contributed by atoms with van der Waals surface area (Å²) >= 11 is 0. The summed E-state index contributed by atoms with van der Waals surface area (Å²) in [6.45, 7) is 8.62. The Bertz CT molecular complexity index is 2510. The fraction of sp³-hybridized carbons (Fsp3) is 0.390. The van der Waals surface area contributed by atoms with Crippen molar-refractivity contribution in [3.8, 4) is 0 Å². The van der Waals surface area contributed by atoms with Crippen LogP contribution >= 0.6 is 0 Å². The Morgan fingerprint density at radius 2 is 1.21 bits per heavy atom. The van der Waals surface area contributed by atoms with E-state index in [1.165, 1.54) is 48.8 Å². The van der Waals surface area contributed by atoms with Gasteiger partial charge < -0.3 is 53.2 Å². The van der Waals surface area contributed by atoms with Crippen molar-refractivity contribution in [2.24, 2.45) is 5.73 Å². The number of carbonyl (C=O) groups is 4. The van der Waals surface area contributed by atoms with Crippen molar-refractivity contribution in [2.45, 2.75) is 61.5 Å². The van der Waals surface area contributed by atoms with Gasteiger partial charge in [0.15, 0.2) is 0 Å². The first-order valence-corrected chi connectivity index (χ1v) is 22.5. The second-order valence-electron chi connectivity index (χ2n) is 14.2. The molecule has 6 N–H and O–H groups in total. The topological polar surface area (TPSA) is 266 Å². The zero-order chi connectivity index (χ0) is 43.9. The van der Waals surface area contributed by atoms with Gasteiger partial charge in [-0.05, 0) is 91.9 Å². The van der Waals surface area contributed by atoms with Crippen molar-refractivity contribution in [2.75, 3.05) is 63.4 Å². The molecule has 8 rings (SSSR count). The summed E-state index contributed by atoms with van der Waals surface area (Å²) in [6, 6.07) is 10.8. The van der Waals surface area contributed by atoms with Gasteiger partial charge in [0.2, 0.25) is 0 Å². The average molecular weight is 1080 g/mol. The number of carbonyl (C=O) groups excluding carboxylic acids is 3. The summed E-state index contributed by atoms with van der Waals surface area (Å²) in [7, 11) is -7.92. The van der Waals surface area contributed by atoms with Gasteiger partial charge >= 0.3 is 5.97 Å². The number of aromatic carboxylic acids is 1. The van der Waals surface area contributed by atoms with E-state index in [1.807, 2.05) is 13.8 Å². The minimum atomic E-state index is -3.96. The van der Waals surface area contributed by atoms with Gasteiger partial charge in [-0.2, -0.15) is 0 Å². The Hall–Kier alpha value is -4.73. The van der Waals surface area contributed by atoms with E-state index in [0.717, 1.165) is 51.4 Å². The monoisotopic (exact) mass is 1080 g/mol. The van der Waals surface area contributed by atoms with E-state index in [2.05, 4.69) is 16.0 Å². The first-order valence-electron chi connectivity index (χ1n) is 19.6. The number of rotatable bonds is 9. The standard InChI is InChI=1S/C20H23N3O6S.C14H12N2O5S.C6H13NO2.CH3.W/c1-2-13-9-17-20(25)22-16-10-14(3-4-18(16)30(26,27)23(17)11-13)19(24)21-6-5-15-12-28-7-8-29-15;1-2-8-5-11-13(17)15-10-6-9(14(18)19)3-4-12(10)22(20,21)16(11)7-8;7-2-1-6-5-8-3-4-9-6;;/h3-4,9-11,15H,2,5-8,12H2,1H3,(H,21,24)(H,22,25);3-7H,2H2,1H3,(H,15,17)(H,18,19);6H,1-5,7H2;1H3;/q;;;-1;. The molecule has 22 heteroatoms. The van der Waals surface area contributed by atoms with Gasteiger partial charge in [0.25, 0.3) is 37.8 Å². The average Bonchev–Trinajstić information content (AvgIpc) is 3.89. The Morgan fingerprint density at radius 3 is 1.63 bits per heavy atom. The fourth-order valence-electron chi connectivity index (χ4n) is 6.71. The van der Waals surface area contributed by atoms with Crippen LogP contribution in [0.25, 0.3) is 0 Å². The number of amides is 3. The number of nitrogens with zero attached hydrogens (tertiary/aromatic N) is 2. The predicted octanol–water partition coefficient (Wildman–Crippen LogP) is 3.14. The molecule has 4 aliphatic rings. The van der Waals surface area contributed by atoms with Crippen LogP contribution in [0.1, 0.15) is 79.5 Å². The number of nitrogens with one attached hydrogen (secondary N) is 3. The van der Waals surface area contributed by atoms with Crippen LogP contribution in [0.5, 0.6) is 0 Å². The molecule has 342 valence electrons. The molecule has 2 aromatic heterocycles. The third kappa shape index (κ3) is 11.7. The first kappa shape index (κ1) is 50.9. The summed E-state index contributed by atoms with van der Waals surface area (Å²) in [6.07, 6.45) is 5.78. The molecule has 4 aromatic rings. The number of hydrogen-bond acceptors (Lipinski definition) is 13. The first-order chi connectivity index (χ1) is 29.2. The molecule has 2 atom stereocenters. The maximum absolute atomic E-state index is 13.1. The largest absolute Gasteiger partial charge is 0.478 e. The number of carboxylic acids is 1. The van der Waals surface area contributed by atoms with Gasteiger partial charge in [0.1, 0.15) is 21.2 Å². The summed E-state index contributed by atoms with van der Waals surface area (Å²) in [5.74, 6) is -2.70. The zero-order valence-electron chi connectivity index (χ0n) is 35.0. The van der Waals surface area contributed by atoms with E-state index in [1.54, 1.807) is 6.07 Å².